The van der Waals surface area contributed by atoms with Crippen LogP contribution >= 0.6 is 24.6 Å². The SMILES string of the molecule is COc1ccc(N=Nc2c(N)c(N=Nc3ccc(S(=O)(=O)CCOSOOO)cc3S(=O)(=O)O)cc(N=Nc3ccc(S(=O)(=O)CCOSOOO)cc3S(=O)(=O)O)c2N)c(S(=O)(=O)O)c1. The molecule has 30 nitrogen and oxygen atoms in total. The summed E-state index contributed by atoms with van der Waals surface area (Å²) >= 11 is 0.138. The summed E-state index contributed by atoms with van der Waals surface area (Å²) in [5.74, 6) is -1.58. The molecule has 37 heteroatoms. The molecule has 0 aliphatic heterocycles. The predicted octanol–water partition coefficient (Wildman–Crippen LogP) is 5.40. The van der Waals surface area contributed by atoms with E-state index in [1.807, 2.05) is 0 Å². The average molecular weight is 1070 g/mol. The van der Waals surface area contributed by atoms with Gasteiger partial charge >= 0.3 is 0 Å². The standard InChI is InChI=1S/C29H30N8O22S7/c1-53-16-2-5-19(24(12-16)64(44,45)46)34-37-29-27(30)22(35-32-20-6-3-17(13-25(20)65(47,48)49)62(40,41)10-8-54-60-58-56-38)15-23(28(29)31)36-33-21-7-4-18(14-26(21)66(50,51)52)63(42,43)11-9-55-61-59-57-39/h2-7,12-15,38-39H,8-11,30-31H2,1H3,(H,44,45,46)(H,47,48,49)(H,50,51,52). The fourth-order valence-electron chi connectivity index (χ4n) is 4.79. The van der Waals surface area contributed by atoms with Crippen molar-refractivity contribution < 1.29 is 98.1 Å². The molecule has 0 saturated carbocycles. The van der Waals surface area contributed by atoms with E-state index in [9.17, 15) is 55.7 Å². The summed E-state index contributed by atoms with van der Waals surface area (Å²) in [7, 11) is -23.0. The molecule has 0 heterocycles. The maximum Gasteiger partial charge on any atom is 0.296 e. The molecule has 9 N–H and O–H groups in total. The zero-order valence-corrected chi connectivity index (χ0v) is 38.2. The predicted molar refractivity (Wildman–Crippen MR) is 224 cm³/mol. The molecular formula is C29H30N8O22S7. The van der Waals surface area contributed by atoms with Gasteiger partial charge in [-0.05, 0) is 54.6 Å². The Labute approximate surface area is 381 Å². The van der Waals surface area contributed by atoms with Crippen LogP contribution in [-0.2, 0) is 77.1 Å². The summed E-state index contributed by atoms with van der Waals surface area (Å²) in [4.78, 5) is -4.29. The molecule has 0 radical (unpaired) electrons. The number of rotatable bonds is 24. The average Bonchev–Trinajstić information content (AvgIpc) is 3.24. The highest BCUT2D eigenvalue weighted by Crippen LogP contribution is 2.46. The maximum absolute atomic E-state index is 12.9. The number of nitrogens with two attached hydrogens (primary N) is 2. The number of nitrogens with zero attached hydrogens (tertiary/aromatic N) is 6. The first kappa shape index (κ1) is 53.7. The van der Waals surface area contributed by atoms with E-state index in [-0.39, 0.29) is 30.4 Å². The Morgan fingerprint density at radius 1 is 0.515 bits per heavy atom. The Morgan fingerprint density at radius 2 is 0.879 bits per heavy atom. The van der Waals surface area contributed by atoms with E-state index in [0.717, 1.165) is 42.5 Å². The fraction of sp³-hybridized carbons (Fsp3) is 0.172. The highest BCUT2D eigenvalue weighted by molar-refractivity contribution is 7.92. The first-order chi connectivity index (χ1) is 30.8. The normalized spacial score (nSPS) is 13.1. The summed E-state index contributed by atoms with van der Waals surface area (Å²) in [5, 5.41) is 45.8. The van der Waals surface area contributed by atoms with Crippen molar-refractivity contribution >= 4 is 120 Å². The number of anilines is 2. The van der Waals surface area contributed by atoms with Gasteiger partial charge in [0.05, 0.1) is 53.0 Å². The van der Waals surface area contributed by atoms with Crippen LogP contribution in [0, 0.1) is 0 Å². The lowest BCUT2D eigenvalue weighted by molar-refractivity contribution is -0.434. The van der Waals surface area contributed by atoms with Gasteiger partial charge in [-0.2, -0.15) is 25.3 Å². The van der Waals surface area contributed by atoms with Crippen LogP contribution in [0.1, 0.15) is 0 Å². The Bertz CT molecular complexity index is 2940. The van der Waals surface area contributed by atoms with Crippen molar-refractivity contribution in [2.75, 3.05) is 43.3 Å². The number of methoxy groups -OCH3 is 1. The number of nitrogen functional groups attached to an aromatic ring is 2. The van der Waals surface area contributed by atoms with Gasteiger partial charge in [0.2, 0.25) is 0 Å². The number of ether oxygens (including phenoxy) is 1. The van der Waals surface area contributed by atoms with Crippen LogP contribution in [-0.4, -0.2) is 98.1 Å². The van der Waals surface area contributed by atoms with Gasteiger partial charge < -0.3 is 16.2 Å². The summed E-state index contributed by atoms with van der Waals surface area (Å²) in [6.45, 7) is -1.13. The molecule has 66 heavy (non-hydrogen) atoms. The van der Waals surface area contributed by atoms with E-state index in [0.29, 0.717) is 12.1 Å². The lowest BCUT2D eigenvalue weighted by atomic mass is 10.2. The summed E-state index contributed by atoms with van der Waals surface area (Å²) in [6.07, 6.45) is 0. The molecule has 0 amide bonds. The molecule has 4 aromatic rings. The summed E-state index contributed by atoms with van der Waals surface area (Å²) in [6, 6.07) is 8.56. The van der Waals surface area contributed by atoms with Crippen molar-refractivity contribution in [2.45, 2.75) is 24.5 Å². The second-order valence-electron chi connectivity index (χ2n) is 11.9. The zero-order chi connectivity index (χ0) is 49.1. The van der Waals surface area contributed by atoms with Gasteiger partial charge in [0.25, 0.3) is 30.4 Å². The molecule has 0 spiro atoms. The van der Waals surface area contributed by atoms with Crippen molar-refractivity contribution in [3.8, 4) is 5.75 Å². The van der Waals surface area contributed by atoms with Gasteiger partial charge in [-0.1, -0.05) is 10.1 Å². The fourth-order valence-corrected chi connectivity index (χ4v) is 9.74. The molecule has 4 aromatic carbocycles. The number of sulfone groups is 2. The van der Waals surface area contributed by atoms with Gasteiger partial charge in [0.15, 0.2) is 44.3 Å². The van der Waals surface area contributed by atoms with Crippen molar-refractivity contribution in [1.29, 1.82) is 0 Å². The van der Waals surface area contributed by atoms with Gasteiger partial charge in [-0.25, -0.2) is 27.4 Å². The van der Waals surface area contributed by atoms with E-state index < -0.39 is 145 Å². The topological polar surface area (TPSA) is 463 Å². The number of hydrogen-bond acceptors (Lipinski definition) is 29. The van der Waals surface area contributed by atoms with Crippen molar-refractivity contribution in [3.05, 3.63) is 60.7 Å². The second-order valence-corrected chi connectivity index (χ2v) is 21.3. The molecule has 360 valence electrons. The molecule has 0 bridgehead atoms. The van der Waals surface area contributed by atoms with Crippen LogP contribution in [0.5, 0.6) is 5.75 Å². The molecular weight excluding hydrogens is 1040 g/mol. The van der Waals surface area contributed by atoms with Crippen molar-refractivity contribution in [1.82, 2.24) is 0 Å². The zero-order valence-electron chi connectivity index (χ0n) is 32.5. The quantitative estimate of drug-likeness (QED) is 0.00878. The molecule has 0 saturated heterocycles. The molecule has 4 rings (SSSR count). The molecule has 0 aliphatic rings. The third-order valence-corrected chi connectivity index (χ3v) is 14.5. The van der Waals surface area contributed by atoms with E-state index in [4.69, 9.17) is 35.1 Å². The molecule has 0 aromatic heterocycles. The molecule has 0 atom stereocenters. The van der Waals surface area contributed by atoms with Crippen molar-refractivity contribution in [2.24, 2.45) is 30.7 Å². The minimum atomic E-state index is -5.27. The summed E-state index contributed by atoms with van der Waals surface area (Å²) in [5.41, 5.74) is 7.90. The van der Waals surface area contributed by atoms with Gasteiger partial charge in [0.1, 0.15) is 54.6 Å². The summed E-state index contributed by atoms with van der Waals surface area (Å²) < 4.78 is 178. The second kappa shape index (κ2) is 22.7. The van der Waals surface area contributed by atoms with Crippen LogP contribution in [0.4, 0.5) is 45.5 Å². The van der Waals surface area contributed by atoms with Crippen LogP contribution in [0.2, 0.25) is 0 Å². The van der Waals surface area contributed by atoms with E-state index in [1.54, 1.807) is 0 Å². The lowest BCUT2D eigenvalue weighted by Crippen LogP contribution is -2.12. The third kappa shape index (κ3) is 14.5. The largest absolute Gasteiger partial charge is 0.497 e. The van der Waals surface area contributed by atoms with E-state index in [2.05, 4.69) is 49.4 Å². The smallest absolute Gasteiger partial charge is 0.296 e. The molecule has 0 unspecified atom stereocenters. The van der Waals surface area contributed by atoms with Crippen LogP contribution in [0.3, 0.4) is 0 Å². The Hall–Kier alpha value is -4.91. The van der Waals surface area contributed by atoms with E-state index >= 15 is 0 Å². The third-order valence-electron chi connectivity index (χ3n) is 7.79. The highest BCUT2D eigenvalue weighted by atomic mass is 32.2. The minimum absolute atomic E-state index is 0.0310. The number of azo groups is 3. The van der Waals surface area contributed by atoms with Gasteiger partial charge in [-0.3, -0.25) is 22.0 Å². The van der Waals surface area contributed by atoms with Gasteiger partial charge in [-0.15, -0.1) is 39.4 Å². The molecule has 0 fully saturated rings. The monoisotopic (exact) mass is 1070 g/mol. The maximum atomic E-state index is 12.9. The highest BCUT2D eigenvalue weighted by Gasteiger charge is 2.25. The number of hydrogen-bond donors (Lipinski definition) is 7. The first-order valence-electron chi connectivity index (χ1n) is 16.7. The van der Waals surface area contributed by atoms with Crippen LogP contribution in [0.25, 0.3) is 0 Å². The first-order valence-corrected chi connectivity index (χ1v) is 25.6. The minimum Gasteiger partial charge on any atom is -0.497 e. The number of benzene rings is 4. The Morgan fingerprint density at radius 3 is 1.26 bits per heavy atom. The van der Waals surface area contributed by atoms with E-state index in [1.165, 1.54) is 13.2 Å². The van der Waals surface area contributed by atoms with Crippen molar-refractivity contribution in [3.63, 3.8) is 0 Å². The Balaban J connectivity index is 1.89. The Kier molecular flexibility index (Phi) is 18.5. The lowest BCUT2D eigenvalue weighted by Gasteiger charge is -2.11. The molecule has 0 aliphatic carbocycles. The van der Waals surface area contributed by atoms with Gasteiger partial charge in [0, 0.05) is 6.07 Å². The van der Waals surface area contributed by atoms with Crippen LogP contribution < -0.4 is 16.2 Å². The van der Waals surface area contributed by atoms with Crippen LogP contribution in [0.15, 0.2) is 116 Å².